The maximum Gasteiger partial charge on any atom is 0.325 e. The van der Waals surface area contributed by atoms with Gasteiger partial charge in [0, 0.05) is 11.8 Å². The Labute approximate surface area is 190 Å². The summed E-state index contributed by atoms with van der Waals surface area (Å²) < 4.78 is 44.4. The van der Waals surface area contributed by atoms with Crippen molar-refractivity contribution in [2.75, 3.05) is 29.4 Å². The Morgan fingerprint density at radius 3 is 2.45 bits per heavy atom. The second kappa shape index (κ2) is 9.06. The minimum absolute atomic E-state index is 0.128. The van der Waals surface area contributed by atoms with Crippen molar-refractivity contribution in [1.82, 2.24) is 10.2 Å². The number of hydrogen-bond acceptors (Lipinski definition) is 6. The summed E-state index contributed by atoms with van der Waals surface area (Å²) in [4.78, 5) is 38.6. The Bertz CT molecular complexity index is 1200. The van der Waals surface area contributed by atoms with Gasteiger partial charge in [0.15, 0.2) is 0 Å². The van der Waals surface area contributed by atoms with Gasteiger partial charge < -0.3 is 15.4 Å². The highest BCUT2D eigenvalue weighted by Crippen LogP contribution is 2.30. The standard InChI is InChI=1S/C21H23FN4O6S/c1-4-33(30,31)25-16-10-9-15(11-17(16)32-3)23-18(27)12-26-19(28)21(2,24-20(26)29)13-5-7-14(22)8-6-13/h5-11,25H,4,12H2,1-3H3,(H,23,27)(H,24,29). The molecule has 3 N–H and O–H groups in total. The number of imide groups is 1. The van der Waals surface area contributed by atoms with E-state index in [1.54, 1.807) is 0 Å². The summed E-state index contributed by atoms with van der Waals surface area (Å²) in [7, 11) is -2.19. The summed E-state index contributed by atoms with van der Waals surface area (Å²) in [6.07, 6.45) is 0. The number of carbonyl (C=O) groups is 3. The highest BCUT2D eigenvalue weighted by Gasteiger charge is 2.49. The largest absolute Gasteiger partial charge is 0.494 e. The second-order valence-electron chi connectivity index (χ2n) is 7.42. The predicted molar refractivity (Wildman–Crippen MR) is 119 cm³/mol. The molecule has 12 heteroatoms. The molecule has 1 atom stereocenters. The van der Waals surface area contributed by atoms with Crippen molar-refractivity contribution in [3.05, 3.63) is 53.8 Å². The first-order chi connectivity index (χ1) is 15.5. The van der Waals surface area contributed by atoms with E-state index in [0.717, 1.165) is 4.90 Å². The summed E-state index contributed by atoms with van der Waals surface area (Å²) in [5, 5.41) is 5.08. The molecule has 0 saturated carbocycles. The summed E-state index contributed by atoms with van der Waals surface area (Å²) in [6.45, 7) is 2.40. The number of nitrogens with one attached hydrogen (secondary N) is 3. The van der Waals surface area contributed by atoms with Gasteiger partial charge in [-0.1, -0.05) is 12.1 Å². The molecule has 1 fully saturated rings. The van der Waals surface area contributed by atoms with Crippen LogP contribution >= 0.6 is 0 Å². The van der Waals surface area contributed by atoms with Gasteiger partial charge in [-0.25, -0.2) is 17.6 Å². The number of nitrogens with zero attached hydrogens (tertiary/aromatic N) is 1. The fraction of sp³-hybridized carbons (Fsp3) is 0.286. The molecule has 1 aliphatic rings. The van der Waals surface area contributed by atoms with E-state index in [1.165, 1.54) is 63.4 Å². The van der Waals surface area contributed by atoms with Crippen LogP contribution in [0.3, 0.4) is 0 Å². The monoisotopic (exact) mass is 478 g/mol. The zero-order valence-electron chi connectivity index (χ0n) is 18.1. The van der Waals surface area contributed by atoms with Gasteiger partial charge >= 0.3 is 6.03 Å². The number of hydrogen-bond donors (Lipinski definition) is 3. The SMILES string of the molecule is CCS(=O)(=O)Nc1ccc(NC(=O)CN2C(=O)NC(C)(c3ccc(F)cc3)C2=O)cc1OC. The van der Waals surface area contributed by atoms with Crippen LogP contribution in [0.25, 0.3) is 0 Å². The van der Waals surface area contributed by atoms with Gasteiger partial charge in [0.05, 0.1) is 18.6 Å². The molecule has 0 spiro atoms. The van der Waals surface area contributed by atoms with E-state index >= 15 is 0 Å². The molecule has 176 valence electrons. The number of carbonyl (C=O) groups excluding carboxylic acids is 3. The number of methoxy groups -OCH3 is 1. The Balaban J connectivity index is 1.72. The number of anilines is 2. The van der Waals surface area contributed by atoms with Crippen molar-refractivity contribution in [1.29, 1.82) is 0 Å². The molecule has 0 aromatic heterocycles. The molecule has 10 nitrogen and oxygen atoms in total. The van der Waals surface area contributed by atoms with Gasteiger partial charge in [0.25, 0.3) is 5.91 Å². The minimum atomic E-state index is -3.53. The molecule has 1 heterocycles. The Hall–Kier alpha value is -3.67. The number of halogens is 1. The number of sulfonamides is 1. The third-order valence-electron chi connectivity index (χ3n) is 5.13. The first kappa shape index (κ1) is 24.0. The first-order valence-electron chi connectivity index (χ1n) is 9.87. The number of amides is 4. The molecule has 1 saturated heterocycles. The van der Waals surface area contributed by atoms with Crippen molar-refractivity contribution in [3.8, 4) is 5.75 Å². The first-order valence-corrected chi connectivity index (χ1v) is 11.5. The van der Waals surface area contributed by atoms with E-state index in [2.05, 4.69) is 15.4 Å². The molecular weight excluding hydrogens is 455 g/mol. The lowest BCUT2D eigenvalue weighted by molar-refractivity contribution is -0.133. The van der Waals surface area contributed by atoms with Crippen LogP contribution in [0.1, 0.15) is 19.4 Å². The highest BCUT2D eigenvalue weighted by molar-refractivity contribution is 7.92. The van der Waals surface area contributed by atoms with E-state index in [1.807, 2.05) is 0 Å². The lowest BCUT2D eigenvalue weighted by Gasteiger charge is -2.22. The fourth-order valence-electron chi connectivity index (χ4n) is 3.26. The van der Waals surface area contributed by atoms with Crippen LogP contribution in [-0.4, -0.2) is 50.6 Å². The molecule has 0 radical (unpaired) electrons. The maximum absolute atomic E-state index is 13.2. The predicted octanol–water partition coefficient (Wildman–Crippen LogP) is 2.00. The van der Waals surface area contributed by atoms with E-state index < -0.39 is 45.8 Å². The molecule has 1 unspecified atom stereocenters. The maximum atomic E-state index is 13.2. The normalized spacial score (nSPS) is 18.1. The topological polar surface area (TPSA) is 134 Å². The van der Waals surface area contributed by atoms with E-state index in [9.17, 15) is 27.2 Å². The van der Waals surface area contributed by atoms with Gasteiger partial charge in [-0.3, -0.25) is 19.2 Å². The van der Waals surface area contributed by atoms with Crippen molar-refractivity contribution >= 4 is 39.2 Å². The highest BCUT2D eigenvalue weighted by atomic mass is 32.2. The minimum Gasteiger partial charge on any atom is -0.494 e. The average Bonchev–Trinajstić information content (AvgIpc) is 2.98. The Kier molecular flexibility index (Phi) is 6.58. The molecule has 0 aliphatic carbocycles. The van der Waals surface area contributed by atoms with Gasteiger partial charge in [-0.2, -0.15) is 0 Å². The molecular formula is C21H23FN4O6S. The van der Waals surface area contributed by atoms with Crippen molar-refractivity contribution in [2.45, 2.75) is 19.4 Å². The second-order valence-corrected chi connectivity index (χ2v) is 9.43. The van der Waals surface area contributed by atoms with Crippen molar-refractivity contribution in [2.24, 2.45) is 0 Å². The Morgan fingerprint density at radius 2 is 1.85 bits per heavy atom. The van der Waals surface area contributed by atoms with E-state index in [-0.39, 0.29) is 22.9 Å². The summed E-state index contributed by atoms with van der Waals surface area (Å²) in [5.41, 5.74) is -0.599. The average molecular weight is 479 g/mol. The van der Waals surface area contributed by atoms with Crippen LogP contribution in [0.5, 0.6) is 5.75 Å². The van der Waals surface area contributed by atoms with Gasteiger partial charge in [-0.05, 0) is 43.7 Å². The lowest BCUT2D eigenvalue weighted by Crippen LogP contribution is -2.42. The van der Waals surface area contributed by atoms with Gasteiger partial charge in [-0.15, -0.1) is 0 Å². The number of ether oxygens (including phenoxy) is 1. The molecule has 2 aromatic carbocycles. The zero-order valence-corrected chi connectivity index (χ0v) is 19.0. The van der Waals surface area contributed by atoms with Crippen LogP contribution in [0.15, 0.2) is 42.5 Å². The smallest absolute Gasteiger partial charge is 0.325 e. The van der Waals surface area contributed by atoms with Crippen LogP contribution in [0.2, 0.25) is 0 Å². The molecule has 2 aromatic rings. The van der Waals surface area contributed by atoms with E-state index in [0.29, 0.717) is 5.56 Å². The van der Waals surface area contributed by atoms with Crippen LogP contribution in [0.4, 0.5) is 20.6 Å². The molecule has 33 heavy (non-hydrogen) atoms. The van der Waals surface area contributed by atoms with Crippen LogP contribution in [-0.2, 0) is 25.2 Å². The number of benzene rings is 2. The van der Waals surface area contributed by atoms with Gasteiger partial charge in [0.2, 0.25) is 15.9 Å². The summed E-state index contributed by atoms with van der Waals surface area (Å²) in [5.74, 6) is -1.76. The fourth-order valence-corrected chi connectivity index (χ4v) is 3.90. The Morgan fingerprint density at radius 1 is 1.18 bits per heavy atom. The zero-order chi connectivity index (χ0) is 24.4. The van der Waals surface area contributed by atoms with Gasteiger partial charge in [0.1, 0.15) is 23.7 Å². The third-order valence-corrected chi connectivity index (χ3v) is 6.42. The number of urea groups is 1. The van der Waals surface area contributed by atoms with Crippen molar-refractivity contribution < 1.29 is 31.9 Å². The third kappa shape index (κ3) is 5.06. The molecule has 1 aliphatic heterocycles. The molecule has 3 rings (SSSR count). The summed E-state index contributed by atoms with van der Waals surface area (Å²) in [6, 6.07) is 8.63. The quantitative estimate of drug-likeness (QED) is 0.497. The van der Waals surface area contributed by atoms with Crippen molar-refractivity contribution in [3.63, 3.8) is 0 Å². The molecule has 0 bridgehead atoms. The van der Waals surface area contributed by atoms with Crippen LogP contribution < -0.4 is 20.1 Å². The molecule has 4 amide bonds. The van der Waals surface area contributed by atoms with E-state index in [4.69, 9.17) is 4.74 Å². The summed E-state index contributed by atoms with van der Waals surface area (Å²) >= 11 is 0. The van der Waals surface area contributed by atoms with Crippen LogP contribution in [0, 0.1) is 5.82 Å². The number of rotatable bonds is 8. The lowest BCUT2D eigenvalue weighted by atomic mass is 9.92.